The van der Waals surface area contributed by atoms with E-state index in [1.54, 1.807) is 0 Å². The summed E-state index contributed by atoms with van der Waals surface area (Å²) in [6, 6.07) is 2.66. The minimum atomic E-state index is -1.02. The van der Waals surface area contributed by atoms with Crippen LogP contribution in [0.4, 0.5) is 5.69 Å². The Balaban J connectivity index is 3.33. The lowest BCUT2D eigenvalue weighted by molar-refractivity contribution is 0.0696. The smallest absolute Gasteiger partial charge is 0.336 e. The van der Waals surface area contributed by atoms with Gasteiger partial charge >= 0.3 is 5.97 Å². The highest BCUT2D eigenvalue weighted by Crippen LogP contribution is 2.24. The number of rotatable bonds is 2. The largest absolute Gasteiger partial charge is 0.506 e. The summed E-state index contributed by atoms with van der Waals surface area (Å²) in [7, 11) is 0. The summed E-state index contributed by atoms with van der Waals surface area (Å²) in [6.45, 7) is 1.82. The molecule has 0 heterocycles. The van der Waals surface area contributed by atoms with E-state index >= 15 is 0 Å². The van der Waals surface area contributed by atoms with Gasteiger partial charge in [-0.2, -0.15) is 0 Å². The molecule has 0 spiro atoms. The highest BCUT2D eigenvalue weighted by molar-refractivity contribution is 5.91. The molecular formula is C9H11NO3. The molecule has 1 aromatic rings. The van der Waals surface area contributed by atoms with Crippen LogP contribution in [0, 0.1) is 0 Å². The lowest BCUT2D eigenvalue weighted by Crippen LogP contribution is -2.03. The van der Waals surface area contributed by atoms with E-state index in [9.17, 15) is 9.90 Å². The number of carbonyl (C=O) groups is 1. The molecule has 0 aliphatic carbocycles. The van der Waals surface area contributed by atoms with Gasteiger partial charge in [0, 0.05) is 0 Å². The predicted molar refractivity (Wildman–Crippen MR) is 48.9 cm³/mol. The molecule has 0 saturated carbocycles. The first-order valence-corrected chi connectivity index (χ1v) is 3.91. The van der Waals surface area contributed by atoms with Crippen molar-refractivity contribution in [2.45, 2.75) is 13.3 Å². The molecule has 0 bridgehead atoms. The van der Waals surface area contributed by atoms with Crippen LogP contribution < -0.4 is 5.73 Å². The summed E-state index contributed by atoms with van der Waals surface area (Å²) in [5, 5.41) is 18.0. The van der Waals surface area contributed by atoms with Crippen LogP contribution in [0.15, 0.2) is 12.1 Å². The summed E-state index contributed by atoms with van der Waals surface area (Å²) >= 11 is 0. The lowest BCUT2D eigenvalue weighted by atomic mass is 10.0. The van der Waals surface area contributed by atoms with Crippen molar-refractivity contribution in [3.63, 3.8) is 0 Å². The molecule has 0 atom stereocenters. The van der Waals surface area contributed by atoms with Crippen molar-refractivity contribution in [1.29, 1.82) is 0 Å². The van der Waals surface area contributed by atoms with E-state index in [1.807, 2.05) is 6.92 Å². The van der Waals surface area contributed by atoms with E-state index in [1.165, 1.54) is 12.1 Å². The second-order valence-corrected chi connectivity index (χ2v) is 2.73. The van der Waals surface area contributed by atoms with Crippen molar-refractivity contribution in [2.75, 3.05) is 5.73 Å². The second-order valence-electron chi connectivity index (χ2n) is 2.73. The summed E-state index contributed by atoms with van der Waals surface area (Å²) in [5.74, 6) is -1.09. The maximum atomic E-state index is 10.7. The number of nitrogens with two attached hydrogens (primary N) is 1. The number of carboxylic acids is 1. The van der Waals surface area contributed by atoms with Crippen molar-refractivity contribution >= 4 is 11.7 Å². The topological polar surface area (TPSA) is 83.5 Å². The molecule has 0 aliphatic rings. The Morgan fingerprint density at radius 1 is 1.54 bits per heavy atom. The van der Waals surface area contributed by atoms with Gasteiger partial charge in [0.25, 0.3) is 0 Å². The van der Waals surface area contributed by atoms with Crippen molar-refractivity contribution in [1.82, 2.24) is 0 Å². The number of aryl methyl sites for hydroxylation is 1. The lowest BCUT2D eigenvalue weighted by Gasteiger charge is -2.06. The Morgan fingerprint density at radius 2 is 2.15 bits per heavy atom. The fourth-order valence-electron chi connectivity index (χ4n) is 1.14. The molecule has 0 aromatic heterocycles. The van der Waals surface area contributed by atoms with E-state index in [0.29, 0.717) is 12.0 Å². The van der Waals surface area contributed by atoms with Gasteiger partial charge in [0.15, 0.2) is 0 Å². The Morgan fingerprint density at radius 3 is 2.62 bits per heavy atom. The summed E-state index contributed by atoms with van der Waals surface area (Å²) < 4.78 is 0. The van der Waals surface area contributed by atoms with Gasteiger partial charge in [0.05, 0.1) is 11.3 Å². The average molecular weight is 181 g/mol. The highest BCUT2D eigenvalue weighted by Gasteiger charge is 2.11. The van der Waals surface area contributed by atoms with Crippen molar-refractivity contribution in [3.05, 3.63) is 23.3 Å². The van der Waals surface area contributed by atoms with Crippen molar-refractivity contribution in [3.8, 4) is 5.75 Å². The van der Waals surface area contributed by atoms with Crippen LogP contribution >= 0.6 is 0 Å². The molecule has 0 radical (unpaired) electrons. The van der Waals surface area contributed by atoms with Gasteiger partial charge in [-0.1, -0.05) is 6.92 Å². The Hall–Kier alpha value is -1.71. The molecule has 0 saturated heterocycles. The number of phenols is 1. The predicted octanol–water partition coefficient (Wildman–Crippen LogP) is 1.24. The molecule has 1 aromatic carbocycles. The number of benzene rings is 1. The van der Waals surface area contributed by atoms with Crippen LogP contribution in [0.3, 0.4) is 0 Å². The van der Waals surface area contributed by atoms with Gasteiger partial charge in [0.2, 0.25) is 0 Å². The van der Waals surface area contributed by atoms with Gasteiger partial charge in [-0.25, -0.2) is 4.79 Å². The fourth-order valence-corrected chi connectivity index (χ4v) is 1.14. The zero-order valence-electron chi connectivity index (χ0n) is 7.24. The Labute approximate surface area is 75.6 Å². The molecule has 13 heavy (non-hydrogen) atoms. The Bertz CT molecular complexity index is 347. The van der Waals surface area contributed by atoms with E-state index in [2.05, 4.69) is 0 Å². The van der Waals surface area contributed by atoms with E-state index in [4.69, 9.17) is 10.8 Å². The van der Waals surface area contributed by atoms with Crippen LogP contribution in [0.5, 0.6) is 5.75 Å². The zero-order chi connectivity index (χ0) is 10.0. The van der Waals surface area contributed by atoms with E-state index in [-0.39, 0.29) is 17.0 Å². The normalized spacial score (nSPS) is 9.92. The number of hydrogen-bond donors (Lipinski definition) is 3. The average Bonchev–Trinajstić information content (AvgIpc) is 2.08. The van der Waals surface area contributed by atoms with Crippen molar-refractivity contribution in [2.24, 2.45) is 0 Å². The molecule has 4 N–H and O–H groups in total. The number of nitrogen functional groups attached to an aromatic ring is 1. The zero-order valence-corrected chi connectivity index (χ0v) is 7.24. The van der Waals surface area contributed by atoms with Gasteiger partial charge in [-0.15, -0.1) is 0 Å². The van der Waals surface area contributed by atoms with Crippen LogP contribution in [0.2, 0.25) is 0 Å². The first-order valence-electron chi connectivity index (χ1n) is 3.91. The molecule has 0 unspecified atom stereocenters. The summed E-state index contributed by atoms with van der Waals surface area (Å²) in [6.07, 6.45) is 0.551. The second kappa shape index (κ2) is 3.35. The first kappa shape index (κ1) is 9.38. The highest BCUT2D eigenvalue weighted by atomic mass is 16.4. The maximum absolute atomic E-state index is 10.7. The van der Waals surface area contributed by atoms with Gasteiger partial charge < -0.3 is 15.9 Å². The molecule has 0 amide bonds. The molecule has 0 aliphatic heterocycles. The van der Waals surface area contributed by atoms with Gasteiger partial charge in [-0.05, 0) is 24.1 Å². The van der Waals surface area contributed by atoms with Crippen LogP contribution in [-0.4, -0.2) is 16.2 Å². The molecule has 4 nitrogen and oxygen atoms in total. The first-order chi connectivity index (χ1) is 6.06. The summed E-state index contributed by atoms with van der Waals surface area (Å²) in [4.78, 5) is 10.7. The monoisotopic (exact) mass is 181 g/mol. The number of hydrogen-bond acceptors (Lipinski definition) is 3. The number of carboxylic acid groups (broad SMARTS) is 1. The minimum absolute atomic E-state index is 0.0677. The number of anilines is 1. The van der Waals surface area contributed by atoms with E-state index < -0.39 is 5.97 Å². The third kappa shape index (κ3) is 1.72. The third-order valence-corrected chi connectivity index (χ3v) is 1.86. The number of phenolic OH excluding ortho intramolecular Hbond substituents is 1. The van der Waals surface area contributed by atoms with Crippen LogP contribution in [0.1, 0.15) is 22.8 Å². The Kier molecular flexibility index (Phi) is 2.41. The van der Waals surface area contributed by atoms with Crippen molar-refractivity contribution < 1.29 is 15.0 Å². The molecular weight excluding hydrogens is 170 g/mol. The van der Waals surface area contributed by atoms with E-state index in [0.717, 1.165) is 0 Å². The minimum Gasteiger partial charge on any atom is -0.506 e. The maximum Gasteiger partial charge on any atom is 0.336 e. The SMILES string of the molecule is CCc1cc(O)c(N)cc1C(=O)O. The summed E-state index contributed by atoms with van der Waals surface area (Å²) in [5.41, 5.74) is 6.19. The molecule has 0 fully saturated rings. The number of aromatic carboxylic acids is 1. The fraction of sp³-hybridized carbons (Fsp3) is 0.222. The third-order valence-electron chi connectivity index (χ3n) is 1.86. The van der Waals surface area contributed by atoms with Gasteiger partial charge in [0.1, 0.15) is 5.75 Å². The molecule has 1 rings (SSSR count). The molecule has 70 valence electrons. The quantitative estimate of drug-likeness (QED) is 0.473. The van der Waals surface area contributed by atoms with Gasteiger partial charge in [-0.3, -0.25) is 0 Å². The number of aromatic hydroxyl groups is 1. The van der Waals surface area contributed by atoms with Crippen LogP contribution in [0.25, 0.3) is 0 Å². The van der Waals surface area contributed by atoms with Crippen LogP contribution in [-0.2, 0) is 6.42 Å². The standard InChI is InChI=1S/C9H11NO3/c1-2-5-3-8(11)7(10)4-6(5)9(12)13/h3-4,11H,2,10H2,1H3,(H,12,13). The molecule has 4 heteroatoms.